The molecule has 0 aliphatic carbocycles. The highest BCUT2D eigenvalue weighted by Crippen LogP contribution is 2.23. The molecule has 0 bridgehead atoms. The van der Waals surface area contributed by atoms with Gasteiger partial charge in [0.15, 0.2) is 0 Å². The fraction of sp³-hybridized carbons (Fsp3) is 0.333. The lowest BCUT2D eigenvalue weighted by atomic mass is 10.0. The third-order valence-corrected chi connectivity index (χ3v) is 3.71. The van der Waals surface area contributed by atoms with E-state index in [-0.39, 0.29) is 6.04 Å². The van der Waals surface area contributed by atoms with Crippen LogP contribution in [0.5, 0.6) is 0 Å². The molecule has 0 aliphatic rings. The van der Waals surface area contributed by atoms with E-state index in [1.165, 1.54) is 10.5 Å². The molecule has 0 amide bonds. The summed E-state index contributed by atoms with van der Waals surface area (Å²) in [4.78, 5) is 9.52. The summed E-state index contributed by atoms with van der Waals surface area (Å²) in [6.07, 6.45) is 8.52. The summed E-state index contributed by atoms with van der Waals surface area (Å²) in [6.45, 7) is 3.15. The van der Waals surface area contributed by atoms with Crippen LogP contribution in [0.3, 0.4) is 0 Å². The zero-order valence-electron chi connectivity index (χ0n) is 11.3. The van der Waals surface area contributed by atoms with Gasteiger partial charge in [-0.3, -0.25) is 0 Å². The van der Waals surface area contributed by atoms with Crippen LogP contribution in [0.1, 0.15) is 30.5 Å². The molecule has 4 heteroatoms. The van der Waals surface area contributed by atoms with Crippen molar-refractivity contribution < 1.29 is 0 Å². The summed E-state index contributed by atoms with van der Waals surface area (Å²) >= 11 is 1.76. The largest absolute Gasteiger partial charge is 0.306 e. The van der Waals surface area contributed by atoms with Gasteiger partial charge in [0, 0.05) is 22.9 Å². The van der Waals surface area contributed by atoms with E-state index in [9.17, 15) is 0 Å². The summed E-state index contributed by atoms with van der Waals surface area (Å²) in [5.74, 6) is 0. The molecule has 1 heterocycles. The standard InChI is InChI=1S/C15H19N3S/c1-3-8-18-15(13-9-16-11-17-10-13)12-4-6-14(19-2)7-5-12/h4-7,9-11,15,18H,3,8H2,1-2H3. The van der Waals surface area contributed by atoms with Gasteiger partial charge in [-0.1, -0.05) is 19.1 Å². The lowest BCUT2D eigenvalue weighted by Crippen LogP contribution is -2.23. The molecule has 0 fully saturated rings. The third kappa shape index (κ3) is 3.78. The lowest BCUT2D eigenvalue weighted by molar-refractivity contribution is 0.595. The minimum atomic E-state index is 0.164. The van der Waals surface area contributed by atoms with Crippen LogP contribution in [0.25, 0.3) is 0 Å². The molecule has 100 valence electrons. The van der Waals surface area contributed by atoms with Crippen LogP contribution in [-0.4, -0.2) is 22.8 Å². The third-order valence-electron chi connectivity index (χ3n) is 2.96. The molecule has 1 aromatic heterocycles. The maximum Gasteiger partial charge on any atom is 0.115 e. The molecule has 0 aliphatic heterocycles. The Morgan fingerprint density at radius 3 is 2.37 bits per heavy atom. The first-order valence-corrected chi connectivity index (χ1v) is 7.70. The molecule has 1 unspecified atom stereocenters. The fourth-order valence-electron chi connectivity index (χ4n) is 1.97. The zero-order chi connectivity index (χ0) is 13.5. The van der Waals surface area contributed by atoms with Gasteiger partial charge in [-0.2, -0.15) is 0 Å². The maximum atomic E-state index is 4.12. The van der Waals surface area contributed by atoms with Crippen LogP contribution < -0.4 is 5.32 Å². The van der Waals surface area contributed by atoms with Gasteiger partial charge in [0.1, 0.15) is 6.33 Å². The Morgan fingerprint density at radius 2 is 1.79 bits per heavy atom. The molecule has 0 radical (unpaired) electrons. The van der Waals surface area contributed by atoms with Gasteiger partial charge in [-0.15, -0.1) is 11.8 Å². The summed E-state index contributed by atoms with van der Waals surface area (Å²) in [6, 6.07) is 8.82. The van der Waals surface area contributed by atoms with Crippen molar-refractivity contribution in [3.05, 3.63) is 54.1 Å². The quantitative estimate of drug-likeness (QED) is 0.820. The highest BCUT2D eigenvalue weighted by Gasteiger charge is 2.13. The van der Waals surface area contributed by atoms with Gasteiger partial charge in [0.2, 0.25) is 0 Å². The van der Waals surface area contributed by atoms with Crippen LogP contribution in [0.15, 0.2) is 47.9 Å². The molecule has 0 spiro atoms. The number of benzene rings is 1. The van der Waals surface area contributed by atoms with Crippen molar-refractivity contribution in [3.8, 4) is 0 Å². The van der Waals surface area contributed by atoms with Crippen molar-refractivity contribution in [3.63, 3.8) is 0 Å². The second kappa shape index (κ2) is 7.26. The Labute approximate surface area is 118 Å². The van der Waals surface area contributed by atoms with Gasteiger partial charge >= 0.3 is 0 Å². The minimum Gasteiger partial charge on any atom is -0.306 e. The molecule has 1 N–H and O–H groups in total. The van der Waals surface area contributed by atoms with E-state index in [2.05, 4.69) is 52.7 Å². The van der Waals surface area contributed by atoms with E-state index in [0.29, 0.717) is 0 Å². The van der Waals surface area contributed by atoms with Gasteiger partial charge in [-0.05, 0) is 36.9 Å². The van der Waals surface area contributed by atoms with E-state index in [1.807, 2.05) is 12.4 Å². The van der Waals surface area contributed by atoms with Crippen LogP contribution >= 0.6 is 11.8 Å². The Kier molecular flexibility index (Phi) is 5.36. The second-order valence-electron chi connectivity index (χ2n) is 4.33. The SMILES string of the molecule is CCCNC(c1ccc(SC)cc1)c1cncnc1. The van der Waals surface area contributed by atoms with E-state index in [1.54, 1.807) is 18.1 Å². The van der Waals surface area contributed by atoms with Crippen molar-refractivity contribution in [2.45, 2.75) is 24.3 Å². The van der Waals surface area contributed by atoms with E-state index < -0.39 is 0 Å². The maximum absolute atomic E-state index is 4.12. The van der Waals surface area contributed by atoms with Crippen molar-refractivity contribution in [2.24, 2.45) is 0 Å². The molecule has 0 saturated carbocycles. The van der Waals surface area contributed by atoms with E-state index >= 15 is 0 Å². The number of hydrogen-bond donors (Lipinski definition) is 1. The smallest absolute Gasteiger partial charge is 0.115 e. The molecule has 1 aromatic carbocycles. The van der Waals surface area contributed by atoms with Crippen molar-refractivity contribution in [1.29, 1.82) is 0 Å². The molecule has 2 aromatic rings. The van der Waals surface area contributed by atoms with Crippen LogP contribution in [0.4, 0.5) is 0 Å². The summed E-state index contributed by atoms with van der Waals surface area (Å²) in [5.41, 5.74) is 2.36. The Balaban J connectivity index is 2.26. The molecule has 2 rings (SSSR count). The molecule has 0 saturated heterocycles. The van der Waals surface area contributed by atoms with Gasteiger partial charge < -0.3 is 5.32 Å². The number of hydrogen-bond acceptors (Lipinski definition) is 4. The molecular weight excluding hydrogens is 254 g/mol. The Bertz CT molecular complexity index is 485. The Hall–Kier alpha value is -1.39. The highest BCUT2D eigenvalue weighted by atomic mass is 32.2. The van der Waals surface area contributed by atoms with Crippen molar-refractivity contribution >= 4 is 11.8 Å². The van der Waals surface area contributed by atoms with Crippen LogP contribution in [-0.2, 0) is 0 Å². The average molecular weight is 273 g/mol. The topological polar surface area (TPSA) is 37.8 Å². The normalized spacial score (nSPS) is 12.3. The van der Waals surface area contributed by atoms with Gasteiger partial charge in [-0.25, -0.2) is 9.97 Å². The summed E-state index contributed by atoms with van der Waals surface area (Å²) < 4.78 is 0. The molecular formula is C15H19N3S. The molecule has 1 atom stereocenters. The van der Waals surface area contributed by atoms with Gasteiger partial charge in [0.05, 0.1) is 6.04 Å². The Morgan fingerprint density at radius 1 is 1.11 bits per heavy atom. The average Bonchev–Trinajstić information content (AvgIpc) is 2.49. The molecule has 3 nitrogen and oxygen atoms in total. The first-order chi connectivity index (χ1) is 9.35. The predicted octanol–water partition coefficient (Wildman–Crippen LogP) is 3.29. The van der Waals surface area contributed by atoms with Gasteiger partial charge in [0.25, 0.3) is 0 Å². The van der Waals surface area contributed by atoms with E-state index in [0.717, 1.165) is 18.5 Å². The zero-order valence-corrected chi connectivity index (χ0v) is 12.2. The summed E-state index contributed by atoms with van der Waals surface area (Å²) in [5, 5.41) is 3.55. The lowest BCUT2D eigenvalue weighted by Gasteiger charge is -2.19. The number of rotatable bonds is 6. The number of thioether (sulfide) groups is 1. The summed E-state index contributed by atoms with van der Waals surface area (Å²) in [7, 11) is 0. The molecule has 19 heavy (non-hydrogen) atoms. The van der Waals surface area contributed by atoms with E-state index in [4.69, 9.17) is 0 Å². The predicted molar refractivity (Wildman–Crippen MR) is 80.4 cm³/mol. The van der Waals surface area contributed by atoms with Crippen molar-refractivity contribution in [2.75, 3.05) is 12.8 Å². The first-order valence-electron chi connectivity index (χ1n) is 6.47. The highest BCUT2D eigenvalue weighted by molar-refractivity contribution is 7.98. The monoisotopic (exact) mass is 273 g/mol. The van der Waals surface area contributed by atoms with Crippen LogP contribution in [0.2, 0.25) is 0 Å². The second-order valence-corrected chi connectivity index (χ2v) is 5.21. The minimum absolute atomic E-state index is 0.164. The van der Waals surface area contributed by atoms with Crippen LogP contribution in [0, 0.1) is 0 Å². The number of nitrogens with one attached hydrogen (secondary N) is 1. The first kappa shape index (κ1) is 14.0. The fourth-order valence-corrected chi connectivity index (χ4v) is 2.38. The van der Waals surface area contributed by atoms with Crippen molar-refractivity contribution in [1.82, 2.24) is 15.3 Å². The number of aromatic nitrogens is 2. The number of nitrogens with zero attached hydrogens (tertiary/aromatic N) is 2.